The number of pyridine rings is 1. The van der Waals surface area contributed by atoms with Gasteiger partial charge in [-0.05, 0) is 49.2 Å². The van der Waals surface area contributed by atoms with Gasteiger partial charge in [0.2, 0.25) is 10.0 Å². The molecule has 148 valence electrons. The zero-order valence-corrected chi connectivity index (χ0v) is 16.0. The van der Waals surface area contributed by atoms with Crippen LogP contribution in [0.5, 0.6) is 0 Å². The number of amides is 1. The number of carbonyl (C=O) groups excluding carboxylic acids is 2. The number of sulfonamides is 1. The van der Waals surface area contributed by atoms with Crippen LogP contribution in [0.25, 0.3) is 0 Å². The van der Waals surface area contributed by atoms with Crippen LogP contribution in [-0.4, -0.2) is 49.3 Å². The van der Waals surface area contributed by atoms with Crippen LogP contribution in [-0.2, 0) is 19.6 Å². The average Bonchev–Trinajstić information content (AvgIpc) is 2.73. The third-order valence-corrected chi connectivity index (χ3v) is 6.24. The molecule has 28 heavy (non-hydrogen) atoms. The molecule has 0 bridgehead atoms. The van der Waals surface area contributed by atoms with E-state index in [1.165, 1.54) is 47.0 Å². The Morgan fingerprint density at radius 1 is 1.07 bits per heavy atom. The molecule has 0 spiro atoms. The molecule has 1 aliphatic heterocycles. The second-order valence-corrected chi connectivity index (χ2v) is 8.29. The highest BCUT2D eigenvalue weighted by molar-refractivity contribution is 7.89. The van der Waals surface area contributed by atoms with E-state index in [0.29, 0.717) is 18.8 Å². The summed E-state index contributed by atoms with van der Waals surface area (Å²) in [5, 5.41) is 2.57. The van der Waals surface area contributed by atoms with E-state index in [9.17, 15) is 18.0 Å². The number of ether oxygens (including phenoxy) is 1. The Morgan fingerprint density at radius 3 is 2.43 bits per heavy atom. The summed E-state index contributed by atoms with van der Waals surface area (Å²) < 4.78 is 31.6. The van der Waals surface area contributed by atoms with Crippen LogP contribution in [0.1, 0.15) is 29.6 Å². The van der Waals surface area contributed by atoms with Crippen molar-refractivity contribution in [2.75, 3.05) is 25.0 Å². The Bertz CT molecular complexity index is 924. The lowest BCUT2D eigenvalue weighted by molar-refractivity contribution is -0.119. The normalized spacial score (nSPS) is 15.0. The number of aromatic nitrogens is 1. The van der Waals surface area contributed by atoms with Gasteiger partial charge in [-0.3, -0.25) is 9.78 Å². The van der Waals surface area contributed by atoms with Crippen molar-refractivity contribution in [3.05, 3.63) is 54.4 Å². The maximum Gasteiger partial charge on any atom is 0.340 e. The van der Waals surface area contributed by atoms with E-state index in [1.54, 1.807) is 6.07 Å². The second-order valence-electron chi connectivity index (χ2n) is 6.36. The molecule has 3 rings (SSSR count). The van der Waals surface area contributed by atoms with Gasteiger partial charge in [-0.25, -0.2) is 13.2 Å². The van der Waals surface area contributed by atoms with E-state index in [-0.39, 0.29) is 10.5 Å². The predicted molar refractivity (Wildman–Crippen MR) is 102 cm³/mol. The van der Waals surface area contributed by atoms with Crippen molar-refractivity contribution in [1.82, 2.24) is 9.29 Å². The first-order valence-electron chi connectivity index (χ1n) is 8.94. The largest absolute Gasteiger partial charge is 0.452 e. The average molecular weight is 403 g/mol. The fourth-order valence-electron chi connectivity index (χ4n) is 2.86. The summed E-state index contributed by atoms with van der Waals surface area (Å²) in [5.74, 6) is -1.17. The molecule has 1 fully saturated rings. The van der Waals surface area contributed by atoms with Crippen LogP contribution < -0.4 is 5.32 Å². The lowest BCUT2D eigenvalue weighted by atomic mass is 10.2. The van der Waals surface area contributed by atoms with Crippen molar-refractivity contribution < 1.29 is 22.7 Å². The lowest BCUT2D eigenvalue weighted by Gasteiger charge is -2.25. The van der Waals surface area contributed by atoms with E-state index < -0.39 is 28.5 Å². The van der Waals surface area contributed by atoms with E-state index in [0.717, 1.165) is 19.3 Å². The lowest BCUT2D eigenvalue weighted by Crippen LogP contribution is -2.35. The number of esters is 1. The highest BCUT2D eigenvalue weighted by atomic mass is 32.2. The van der Waals surface area contributed by atoms with Crippen molar-refractivity contribution in [2.24, 2.45) is 0 Å². The number of hydrogen-bond acceptors (Lipinski definition) is 6. The summed E-state index contributed by atoms with van der Waals surface area (Å²) in [6.07, 6.45) is 5.65. The van der Waals surface area contributed by atoms with Gasteiger partial charge in [0.15, 0.2) is 6.61 Å². The molecule has 0 aliphatic carbocycles. The minimum absolute atomic E-state index is 0.190. The molecular weight excluding hydrogens is 382 g/mol. The van der Waals surface area contributed by atoms with Gasteiger partial charge in [0.1, 0.15) is 0 Å². The molecular formula is C19H21N3O5S. The molecule has 2 heterocycles. The number of nitrogens with one attached hydrogen (secondary N) is 1. The van der Waals surface area contributed by atoms with Gasteiger partial charge >= 0.3 is 5.97 Å². The maximum absolute atomic E-state index is 12.6. The zero-order chi connectivity index (χ0) is 20.0. The maximum atomic E-state index is 12.6. The van der Waals surface area contributed by atoms with Crippen LogP contribution >= 0.6 is 0 Å². The molecule has 9 heteroatoms. The van der Waals surface area contributed by atoms with Crippen molar-refractivity contribution in [2.45, 2.75) is 24.2 Å². The minimum Gasteiger partial charge on any atom is -0.452 e. The van der Waals surface area contributed by atoms with Gasteiger partial charge in [-0.1, -0.05) is 6.42 Å². The smallest absolute Gasteiger partial charge is 0.340 e. The number of benzene rings is 1. The molecule has 0 atom stereocenters. The number of carbonyl (C=O) groups is 2. The Labute approximate surface area is 163 Å². The molecule has 1 amide bonds. The molecule has 0 radical (unpaired) electrons. The Balaban J connectivity index is 1.55. The van der Waals surface area contributed by atoms with Gasteiger partial charge in [-0.2, -0.15) is 4.31 Å². The third-order valence-electron chi connectivity index (χ3n) is 4.32. The summed E-state index contributed by atoms with van der Waals surface area (Å²) in [6, 6.07) is 9.07. The fraction of sp³-hybridized carbons (Fsp3) is 0.316. The first kappa shape index (κ1) is 20.0. The SMILES string of the molecule is O=C(COC(=O)c1cccnc1)Nc1ccc(S(=O)(=O)N2CCCCC2)cc1. The summed E-state index contributed by atoms with van der Waals surface area (Å²) in [6.45, 7) is 0.605. The number of nitrogens with zero attached hydrogens (tertiary/aromatic N) is 2. The first-order valence-corrected chi connectivity index (χ1v) is 10.4. The molecule has 1 aliphatic rings. The van der Waals surface area contributed by atoms with Crippen LogP contribution in [0.4, 0.5) is 5.69 Å². The molecule has 1 saturated heterocycles. The summed E-state index contributed by atoms with van der Waals surface area (Å²) in [7, 11) is -3.51. The third kappa shape index (κ3) is 4.93. The van der Waals surface area contributed by atoms with Gasteiger partial charge in [0.05, 0.1) is 10.5 Å². The molecule has 1 aromatic carbocycles. The molecule has 2 aromatic rings. The summed E-state index contributed by atoms with van der Waals surface area (Å²) in [5.41, 5.74) is 0.669. The molecule has 1 aromatic heterocycles. The van der Waals surface area contributed by atoms with Crippen LogP contribution in [0.3, 0.4) is 0 Å². The van der Waals surface area contributed by atoms with E-state index in [4.69, 9.17) is 4.74 Å². The van der Waals surface area contributed by atoms with Crippen LogP contribution in [0.15, 0.2) is 53.7 Å². The van der Waals surface area contributed by atoms with Crippen LogP contribution in [0.2, 0.25) is 0 Å². The standard InChI is InChI=1S/C19H21N3O5S/c23-18(14-27-19(24)15-5-4-10-20-13-15)21-16-6-8-17(9-7-16)28(25,26)22-11-2-1-3-12-22/h4-10,13H,1-3,11-12,14H2,(H,21,23). The second kappa shape index (κ2) is 8.94. The molecule has 8 nitrogen and oxygen atoms in total. The summed E-state index contributed by atoms with van der Waals surface area (Å²) >= 11 is 0. The summed E-state index contributed by atoms with van der Waals surface area (Å²) in [4.78, 5) is 27.7. The van der Waals surface area contributed by atoms with Crippen molar-refractivity contribution in [3.63, 3.8) is 0 Å². The highest BCUT2D eigenvalue weighted by Gasteiger charge is 2.25. The molecule has 0 saturated carbocycles. The number of hydrogen-bond donors (Lipinski definition) is 1. The quantitative estimate of drug-likeness (QED) is 0.740. The van der Waals surface area contributed by atoms with Crippen molar-refractivity contribution >= 4 is 27.6 Å². The Kier molecular flexibility index (Phi) is 6.37. The number of anilines is 1. The number of rotatable bonds is 6. The van der Waals surface area contributed by atoms with Crippen molar-refractivity contribution in [3.8, 4) is 0 Å². The van der Waals surface area contributed by atoms with Crippen LogP contribution in [0, 0.1) is 0 Å². The molecule has 1 N–H and O–H groups in total. The zero-order valence-electron chi connectivity index (χ0n) is 15.2. The van der Waals surface area contributed by atoms with E-state index >= 15 is 0 Å². The van der Waals surface area contributed by atoms with Gasteiger partial charge in [-0.15, -0.1) is 0 Å². The Morgan fingerprint density at radius 2 is 1.79 bits per heavy atom. The first-order chi connectivity index (χ1) is 13.5. The molecule has 0 unspecified atom stereocenters. The van der Waals surface area contributed by atoms with E-state index in [1.807, 2.05) is 0 Å². The number of piperidine rings is 1. The fourth-order valence-corrected chi connectivity index (χ4v) is 4.38. The van der Waals surface area contributed by atoms with Gasteiger partial charge in [0, 0.05) is 31.2 Å². The van der Waals surface area contributed by atoms with Crippen molar-refractivity contribution in [1.29, 1.82) is 0 Å². The Hall–Kier alpha value is -2.78. The predicted octanol–water partition coefficient (Wildman–Crippen LogP) is 2.05. The monoisotopic (exact) mass is 403 g/mol. The van der Waals surface area contributed by atoms with Gasteiger partial charge < -0.3 is 10.1 Å². The highest BCUT2D eigenvalue weighted by Crippen LogP contribution is 2.22. The van der Waals surface area contributed by atoms with E-state index in [2.05, 4.69) is 10.3 Å². The van der Waals surface area contributed by atoms with Gasteiger partial charge in [0.25, 0.3) is 5.91 Å². The topological polar surface area (TPSA) is 106 Å². The minimum atomic E-state index is -3.51.